The predicted molar refractivity (Wildman–Crippen MR) is 76.0 cm³/mol. The van der Waals surface area contributed by atoms with E-state index in [0.717, 1.165) is 18.9 Å². The van der Waals surface area contributed by atoms with Gasteiger partial charge in [0.25, 0.3) is 0 Å². The molecule has 1 aromatic rings. The SMILES string of the molecule is CCOc1ccccc1C1(CC(C)C)CCCN1. The number of rotatable bonds is 5. The van der Waals surface area contributed by atoms with E-state index >= 15 is 0 Å². The molecule has 18 heavy (non-hydrogen) atoms. The number of ether oxygens (including phenoxy) is 1. The molecule has 1 heterocycles. The fraction of sp³-hybridized carbons (Fsp3) is 0.625. The molecule has 0 radical (unpaired) electrons. The molecule has 2 nitrogen and oxygen atoms in total. The lowest BCUT2D eigenvalue weighted by Gasteiger charge is -2.33. The highest BCUT2D eigenvalue weighted by molar-refractivity contribution is 5.40. The first-order valence-electron chi connectivity index (χ1n) is 7.15. The summed E-state index contributed by atoms with van der Waals surface area (Å²) in [7, 11) is 0. The average molecular weight is 247 g/mol. The van der Waals surface area contributed by atoms with Gasteiger partial charge in [-0.25, -0.2) is 0 Å². The molecule has 1 N–H and O–H groups in total. The summed E-state index contributed by atoms with van der Waals surface area (Å²) in [6.45, 7) is 8.49. The second kappa shape index (κ2) is 5.75. The Morgan fingerprint density at radius 1 is 1.33 bits per heavy atom. The lowest BCUT2D eigenvalue weighted by Crippen LogP contribution is -2.38. The smallest absolute Gasteiger partial charge is 0.124 e. The summed E-state index contributed by atoms with van der Waals surface area (Å²) >= 11 is 0. The molecule has 1 fully saturated rings. The molecule has 0 saturated carbocycles. The van der Waals surface area contributed by atoms with Crippen molar-refractivity contribution >= 4 is 0 Å². The third kappa shape index (κ3) is 2.69. The third-order valence-electron chi connectivity index (χ3n) is 3.70. The van der Waals surface area contributed by atoms with Crippen molar-refractivity contribution in [2.75, 3.05) is 13.2 Å². The maximum Gasteiger partial charge on any atom is 0.124 e. The normalized spacial score (nSPS) is 23.6. The zero-order valence-electron chi connectivity index (χ0n) is 11.8. The molecule has 100 valence electrons. The molecule has 1 aliphatic rings. The third-order valence-corrected chi connectivity index (χ3v) is 3.70. The molecular weight excluding hydrogens is 222 g/mol. The molecular formula is C16H25NO. The van der Waals surface area contributed by atoms with Gasteiger partial charge in [-0.15, -0.1) is 0 Å². The molecule has 0 bridgehead atoms. The Labute approximate surface area is 111 Å². The van der Waals surface area contributed by atoms with Crippen molar-refractivity contribution in [3.8, 4) is 5.75 Å². The quantitative estimate of drug-likeness (QED) is 0.856. The zero-order valence-corrected chi connectivity index (χ0v) is 11.8. The summed E-state index contributed by atoms with van der Waals surface area (Å²) in [5, 5.41) is 3.74. The van der Waals surface area contributed by atoms with Gasteiger partial charge in [0.2, 0.25) is 0 Å². The summed E-state index contributed by atoms with van der Waals surface area (Å²) in [5.41, 5.74) is 1.47. The molecule has 0 amide bonds. The molecule has 2 heteroatoms. The van der Waals surface area contributed by atoms with Crippen LogP contribution in [0.1, 0.15) is 45.6 Å². The van der Waals surface area contributed by atoms with Crippen LogP contribution in [0.4, 0.5) is 0 Å². The highest BCUT2D eigenvalue weighted by Gasteiger charge is 2.37. The van der Waals surface area contributed by atoms with Crippen LogP contribution in [0.2, 0.25) is 0 Å². The van der Waals surface area contributed by atoms with E-state index in [1.807, 2.05) is 6.92 Å². The first kappa shape index (κ1) is 13.4. The Morgan fingerprint density at radius 3 is 2.72 bits per heavy atom. The van der Waals surface area contributed by atoms with E-state index < -0.39 is 0 Å². The van der Waals surface area contributed by atoms with Crippen LogP contribution in [0.5, 0.6) is 5.75 Å². The van der Waals surface area contributed by atoms with E-state index in [1.165, 1.54) is 24.8 Å². The van der Waals surface area contributed by atoms with Gasteiger partial charge in [-0.1, -0.05) is 32.0 Å². The summed E-state index contributed by atoms with van der Waals surface area (Å²) in [4.78, 5) is 0. The van der Waals surface area contributed by atoms with Crippen molar-refractivity contribution in [1.29, 1.82) is 0 Å². The van der Waals surface area contributed by atoms with E-state index in [9.17, 15) is 0 Å². The van der Waals surface area contributed by atoms with Gasteiger partial charge in [-0.05, 0) is 44.7 Å². The van der Waals surface area contributed by atoms with Crippen LogP contribution < -0.4 is 10.1 Å². The lowest BCUT2D eigenvalue weighted by atomic mass is 9.81. The summed E-state index contributed by atoms with van der Waals surface area (Å²) < 4.78 is 5.82. The minimum absolute atomic E-state index is 0.125. The zero-order chi connectivity index (χ0) is 13.0. The minimum Gasteiger partial charge on any atom is -0.494 e. The first-order chi connectivity index (χ1) is 8.68. The second-order valence-corrected chi connectivity index (χ2v) is 5.64. The van der Waals surface area contributed by atoms with Crippen LogP contribution in [0.3, 0.4) is 0 Å². The van der Waals surface area contributed by atoms with E-state index in [-0.39, 0.29) is 5.54 Å². The molecule has 1 aromatic carbocycles. The van der Waals surface area contributed by atoms with Gasteiger partial charge in [-0.2, -0.15) is 0 Å². The Balaban J connectivity index is 2.36. The summed E-state index contributed by atoms with van der Waals surface area (Å²) in [5.74, 6) is 1.74. The number of nitrogens with one attached hydrogen (secondary N) is 1. The monoisotopic (exact) mass is 247 g/mol. The predicted octanol–water partition coefficient (Wildman–Crippen LogP) is 3.71. The first-order valence-corrected chi connectivity index (χ1v) is 7.15. The Kier molecular flexibility index (Phi) is 4.28. The lowest BCUT2D eigenvalue weighted by molar-refractivity contribution is 0.281. The van der Waals surface area contributed by atoms with E-state index in [0.29, 0.717) is 5.92 Å². The molecule has 1 saturated heterocycles. The van der Waals surface area contributed by atoms with Crippen molar-refractivity contribution in [2.45, 2.75) is 45.6 Å². The maximum absolute atomic E-state index is 5.82. The minimum atomic E-state index is 0.125. The van der Waals surface area contributed by atoms with Crippen molar-refractivity contribution < 1.29 is 4.74 Å². The Bertz CT molecular complexity index is 380. The van der Waals surface area contributed by atoms with Gasteiger partial charge in [0.1, 0.15) is 5.75 Å². The maximum atomic E-state index is 5.82. The molecule has 1 unspecified atom stereocenters. The number of benzene rings is 1. The van der Waals surface area contributed by atoms with Crippen molar-refractivity contribution in [3.63, 3.8) is 0 Å². The molecule has 0 aromatic heterocycles. The van der Waals surface area contributed by atoms with Crippen LogP contribution in [-0.2, 0) is 5.54 Å². The van der Waals surface area contributed by atoms with Gasteiger partial charge in [-0.3, -0.25) is 0 Å². The van der Waals surface area contributed by atoms with E-state index in [2.05, 4.69) is 43.4 Å². The number of para-hydroxylation sites is 1. The highest BCUT2D eigenvalue weighted by Crippen LogP contribution is 2.41. The second-order valence-electron chi connectivity index (χ2n) is 5.64. The molecule has 1 atom stereocenters. The number of hydrogen-bond acceptors (Lipinski definition) is 2. The standard InChI is InChI=1S/C16H25NO/c1-4-18-15-9-6-5-8-14(15)16(12-13(2)3)10-7-11-17-16/h5-6,8-9,13,17H,4,7,10-12H2,1-3H3. The summed E-state index contributed by atoms with van der Waals surface area (Å²) in [6.07, 6.45) is 3.65. The van der Waals surface area contributed by atoms with Gasteiger partial charge in [0.05, 0.1) is 6.61 Å². The van der Waals surface area contributed by atoms with Crippen molar-refractivity contribution in [1.82, 2.24) is 5.32 Å². The molecule has 0 aliphatic carbocycles. The summed E-state index contributed by atoms with van der Waals surface area (Å²) in [6, 6.07) is 8.51. The van der Waals surface area contributed by atoms with E-state index in [4.69, 9.17) is 4.74 Å². The van der Waals surface area contributed by atoms with Crippen molar-refractivity contribution in [3.05, 3.63) is 29.8 Å². The van der Waals surface area contributed by atoms with Crippen molar-refractivity contribution in [2.24, 2.45) is 5.92 Å². The molecule has 2 rings (SSSR count). The Morgan fingerprint density at radius 2 is 2.11 bits per heavy atom. The van der Waals surface area contributed by atoms with Gasteiger partial charge >= 0.3 is 0 Å². The number of hydrogen-bond donors (Lipinski definition) is 1. The highest BCUT2D eigenvalue weighted by atomic mass is 16.5. The van der Waals surface area contributed by atoms with E-state index in [1.54, 1.807) is 0 Å². The topological polar surface area (TPSA) is 21.3 Å². The van der Waals surface area contributed by atoms with Gasteiger partial charge in [0, 0.05) is 11.1 Å². The Hall–Kier alpha value is -1.02. The van der Waals surface area contributed by atoms with Gasteiger partial charge in [0.15, 0.2) is 0 Å². The van der Waals surface area contributed by atoms with Crippen LogP contribution in [0.25, 0.3) is 0 Å². The largest absolute Gasteiger partial charge is 0.494 e. The van der Waals surface area contributed by atoms with Crippen LogP contribution in [0, 0.1) is 5.92 Å². The van der Waals surface area contributed by atoms with Gasteiger partial charge < -0.3 is 10.1 Å². The van der Waals surface area contributed by atoms with Crippen LogP contribution in [-0.4, -0.2) is 13.2 Å². The molecule has 1 aliphatic heterocycles. The van der Waals surface area contributed by atoms with Crippen LogP contribution >= 0.6 is 0 Å². The molecule has 0 spiro atoms. The van der Waals surface area contributed by atoms with Crippen LogP contribution in [0.15, 0.2) is 24.3 Å². The average Bonchev–Trinajstić information content (AvgIpc) is 2.79. The fourth-order valence-electron chi connectivity index (χ4n) is 3.16. The fourth-order valence-corrected chi connectivity index (χ4v) is 3.16.